The lowest BCUT2D eigenvalue weighted by molar-refractivity contribution is 0.188. The van der Waals surface area contributed by atoms with Crippen LogP contribution in [0.25, 0.3) is 5.69 Å². The van der Waals surface area contributed by atoms with E-state index < -0.39 is 0 Å². The molecule has 1 aliphatic heterocycles. The number of rotatable bonds is 6. The summed E-state index contributed by atoms with van der Waals surface area (Å²) in [5.41, 5.74) is 1.29. The van der Waals surface area contributed by atoms with E-state index in [1.165, 1.54) is 30.4 Å². The molecule has 1 aromatic heterocycles. The summed E-state index contributed by atoms with van der Waals surface area (Å²) in [4.78, 5) is 1.49. The Morgan fingerprint density at radius 3 is 2.79 bits per heavy atom. The van der Waals surface area contributed by atoms with Gasteiger partial charge in [-0.3, -0.25) is 0 Å². The summed E-state index contributed by atoms with van der Waals surface area (Å²) in [5, 5.41) is 15.2. The van der Waals surface area contributed by atoms with Gasteiger partial charge in [0.1, 0.15) is 5.75 Å². The molecule has 2 atom stereocenters. The molecule has 0 radical (unpaired) electrons. The zero-order valence-corrected chi connectivity index (χ0v) is 14.3. The Hall–Kier alpha value is -1.66. The van der Waals surface area contributed by atoms with Gasteiger partial charge in [0.25, 0.3) is 0 Å². The Morgan fingerprint density at radius 1 is 1.29 bits per heavy atom. The molecule has 128 valence electrons. The van der Waals surface area contributed by atoms with Gasteiger partial charge in [-0.2, -0.15) is 0 Å². The largest absolute Gasteiger partial charge is 0.494 e. The molecule has 2 unspecified atom stereocenters. The molecule has 2 heterocycles. The Labute approximate surface area is 146 Å². The van der Waals surface area contributed by atoms with Crippen molar-refractivity contribution in [2.24, 2.45) is 11.3 Å². The number of benzene rings is 1. The minimum Gasteiger partial charge on any atom is -0.494 e. The van der Waals surface area contributed by atoms with Crippen LogP contribution in [0.15, 0.2) is 30.6 Å². The van der Waals surface area contributed by atoms with E-state index in [1.54, 1.807) is 0 Å². The van der Waals surface area contributed by atoms with Crippen LogP contribution in [0, 0.1) is 11.3 Å². The predicted molar refractivity (Wildman–Crippen MR) is 91.6 cm³/mol. The summed E-state index contributed by atoms with van der Waals surface area (Å²) in [5.74, 6) is 1.51. The second kappa shape index (κ2) is 6.69. The number of hydrogen-bond donors (Lipinski definition) is 1. The smallest absolute Gasteiger partial charge is 0.162 e. The van der Waals surface area contributed by atoms with E-state index in [4.69, 9.17) is 16.3 Å². The van der Waals surface area contributed by atoms with E-state index in [0.717, 1.165) is 37.6 Å². The van der Waals surface area contributed by atoms with Crippen molar-refractivity contribution < 1.29 is 4.74 Å². The topological polar surface area (TPSA) is 64.9 Å². The maximum Gasteiger partial charge on any atom is 0.162 e. The average molecular weight is 348 g/mol. The van der Waals surface area contributed by atoms with E-state index >= 15 is 0 Å². The molecule has 7 heteroatoms. The van der Waals surface area contributed by atoms with Crippen molar-refractivity contribution in [1.82, 2.24) is 25.5 Å². The maximum absolute atomic E-state index is 6.55. The Bertz CT molecular complexity index is 656. The third kappa shape index (κ3) is 3.26. The first-order chi connectivity index (χ1) is 11.8. The van der Waals surface area contributed by atoms with Crippen molar-refractivity contribution >= 4 is 11.6 Å². The molecule has 2 aromatic rings. The summed E-state index contributed by atoms with van der Waals surface area (Å²) >= 11 is 6.55. The van der Waals surface area contributed by atoms with Crippen LogP contribution in [-0.2, 0) is 0 Å². The van der Waals surface area contributed by atoms with Gasteiger partial charge in [0.2, 0.25) is 0 Å². The van der Waals surface area contributed by atoms with Gasteiger partial charge in [0, 0.05) is 11.9 Å². The molecule has 24 heavy (non-hydrogen) atoms. The number of halogens is 1. The third-order valence-corrected chi connectivity index (χ3v) is 5.83. The lowest BCUT2D eigenvalue weighted by atomic mass is 9.80. The molecule has 1 aliphatic carbocycles. The number of piperidine rings is 1. The first-order valence-corrected chi connectivity index (χ1v) is 9.02. The molecule has 0 spiro atoms. The van der Waals surface area contributed by atoms with Crippen LogP contribution in [0.3, 0.4) is 0 Å². The van der Waals surface area contributed by atoms with Crippen LogP contribution in [0.5, 0.6) is 5.75 Å². The molecule has 1 saturated heterocycles. The molecule has 0 bridgehead atoms. The monoisotopic (exact) mass is 347 g/mol. The maximum atomic E-state index is 6.55. The van der Waals surface area contributed by atoms with Gasteiger partial charge in [-0.05, 0) is 73.0 Å². The van der Waals surface area contributed by atoms with Gasteiger partial charge in [-0.1, -0.05) is 0 Å². The quantitative estimate of drug-likeness (QED) is 0.813. The molecule has 0 amide bonds. The van der Waals surface area contributed by atoms with Crippen molar-refractivity contribution in [3.63, 3.8) is 0 Å². The first-order valence-electron chi connectivity index (χ1n) is 8.58. The Balaban J connectivity index is 1.31. The molecule has 6 nitrogen and oxygen atoms in total. The van der Waals surface area contributed by atoms with Gasteiger partial charge in [-0.25, -0.2) is 0 Å². The standard InChI is InChI=1S/C17H22ClN5O/c18-16-11-19-9-5-15(16)17(6-7-17)8-10-24-14-3-1-13(2-4-14)23-21-12-20-22-23/h1-4,12,15-16,19H,5-11H2. The van der Waals surface area contributed by atoms with Crippen LogP contribution in [0.1, 0.15) is 25.7 Å². The van der Waals surface area contributed by atoms with Gasteiger partial charge in [-0.15, -0.1) is 26.6 Å². The average Bonchev–Trinajstić information content (AvgIpc) is 3.18. The highest BCUT2D eigenvalue weighted by Gasteiger charge is 2.51. The molecule has 1 N–H and O–H groups in total. The molecular weight excluding hydrogens is 326 g/mol. The lowest BCUT2D eigenvalue weighted by Crippen LogP contribution is -2.41. The van der Waals surface area contributed by atoms with Gasteiger partial charge < -0.3 is 10.1 Å². The van der Waals surface area contributed by atoms with Crippen LogP contribution >= 0.6 is 11.6 Å². The highest BCUT2D eigenvalue weighted by atomic mass is 35.5. The number of nitrogens with one attached hydrogen (secondary N) is 1. The molecule has 2 fully saturated rings. The number of ether oxygens (including phenoxy) is 1. The molecule has 1 aromatic carbocycles. The number of hydrogen-bond acceptors (Lipinski definition) is 5. The number of nitrogens with zero attached hydrogens (tertiary/aromatic N) is 4. The lowest BCUT2D eigenvalue weighted by Gasteiger charge is -2.34. The summed E-state index contributed by atoms with van der Waals surface area (Å²) < 4.78 is 5.96. The van der Waals surface area contributed by atoms with Crippen molar-refractivity contribution in [1.29, 1.82) is 0 Å². The van der Waals surface area contributed by atoms with Crippen LogP contribution < -0.4 is 10.1 Å². The Morgan fingerprint density at radius 2 is 2.12 bits per heavy atom. The van der Waals surface area contributed by atoms with Crippen LogP contribution in [-0.4, -0.2) is 45.3 Å². The van der Waals surface area contributed by atoms with E-state index in [0.29, 0.717) is 11.3 Å². The van der Waals surface area contributed by atoms with Gasteiger partial charge >= 0.3 is 0 Å². The molecule has 2 aliphatic rings. The molecule has 1 saturated carbocycles. The second-order valence-electron chi connectivity index (χ2n) is 6.80. The SMILES string of the molecule is ClC1CNCCC1C1(CCOc2ccc(-n3ncnn3)cc2)CC1. The zero-order valence-electron chi connectivity index (χ0n) is 13.6. The van der Waals surface area contributed by atoms with E-state index in [1.807, 2.05) is 24.3 Å². The van der Waals surface area contributed by atoms with E-state index in [9.17, 15) is 0 Å². The normalized spacial score (nSPS) is 25.4. The van der Waals surface area contributed by atoms with E-state index in [2.05, 4.69) is 20.7 Å². The molecular formula is C17H22ClN5O. The van der Waals surface area contributed by atoms with Crippen LogP contribution in [0.4, 0.5) is 0 Å². The van der Waals surface area contributed by atoms with Crippen molar-refractivity contribution in [2.45, 2.75) is 31.1 Å². The highest BCUT2D eigenvalue weighted by molar-refractivity contribution is 6.21. The fourth-order valence-corrected chi connectivity index (χ4v) is 4.31. The summed E-state index contributed by atoms with van der Waals surface area (Å²) in [6.45, 7) is 2.77. The predicted octanol–water partition coefficient (Wildman–Crippen LogP) is 2.43. The van der Waals surface area contributed by atoms with Crippen molar-refractivity contribution in [3.05, 3.63) is 30.6 Å². The Kier molecular flexibility index (Phi) is 4.41. The fraction of sp³-hybridized carbons (Fsp3) is 0.588. The zero-order chi connectivity index (χ0) is 16.4. The fourth-order valence-electron chi connectivity index (χ4n) is 3.81. The minimum absolute atomic E-state index is 0.260. The highest BCUT2D eigenvalue weighted by Crippen LogP contribution is 2.58. The molecule has 4 rings (SSSR count). The van der Waals surface area contributed by atoms with E-state index in [-0.39, 0.29) is 5.38 Å². The van der Waals surface area contributed by atoms with Crippen molar-refractivity contribution in [3.8, 4) is 11.4 Å². The number of tetrazole rings is 1. The van der Waals surface area contributed by atoms with Crippen molar-refractivity contribution in [2.75, 3.05) is 19.7 Å². The summed E-state index contributed by atoms with van der Waals surface area (Å²) in [6.07, 6.45) is 6.29. The van der Waals surface area contributed by atoms with Gasteiger partial charge in [0.05, 0.1) is 12.3 Å². The number of aromatic nitrogens is 4. The summed E-state index contributed by atoms with van der Waals surface area (Å²) in [6, 6.07) is 7.78. The van der Waals surface area contributed by atoms with Gasteiger partial charge in [0.15, 0.2) is 6.33 Å². The first kappa shape index (κ1) is 15.8. The second-order valence-corrected chi connectivity index (χ2v) is 7.36. The van der Waals surface area contributed by atoms with Crippen LogP contribution in [0.2, 0.25) is 0 Å². The number of alkyl halides is 1. The summed E-state index contributed by atoms with van der Waals surface area (Å²) in [7, 11) is 0. The third-order valence-electron chi connectivity index (χ3n) is 5.37. The minimum atomic E-state index is 0.260.